The van der Waals surface area contributed by atoms with E-state index in [-0.39, 0.29) is 12.6 Å². The van der Waals surface area contributed by atoms with Gasteiger partial charge >= 0.3 is 6.03 Å². The number of anilines is 3. The van der Waals surface area contributed by atoms with Crippen molar-refractivity contribution in [1.82, 2.24) is 9.88 Å². The summed E-state index contributed by atoms with van der Waals surface area (Å²) in [6.45, 7) is 7.32. The van der Waals surface area contributed by atoms with Gasteiger partial charge in [0.05, 0.1) is 26.3 Å². The number of hydrogen-bond acceptors (Lipinski definition) is 6. The minimum absolute atomic E-state index is 0.108. The van der Waals surface area contributed by atoms with Gasteiger partial charge in [0.25, 0.3) is 5.92 Å². The van der Waals surface area contributed by atoms with Gasteiger partial charge in [0, 0.05) is 31.9 Å². The van der Waals surface area contributed by atoms with Crippen molar-refractivity contribution < 1.29 is 23.4 Å². The molecule has 0 bridgehead atoms. The second-order valence-electron chi connectivity index (χ2n) is 10.3. The number of aromatic nitrogens is 1. The Labute approximate surface area is 216 Å². The molecule has 1 aromatic heterocycles. The van der Waals surface area contributed by atoms with Crippen molar-refractivity contribution in [2.24, 2.45) is 5.92 Å². The highest BCUT2D eigenvalue weighted by atomic mass is 19.3. The quantitative estimate of drug-likeness (QED) is 0.627. The average molecular weight is 516 g/mol. The molecule has 10 heteroatoms. The molecule has 2 aromatic rings. The summed E-state index contributed by atoms with van der Waals surface area (Å²) >= 11 is 0. The number of ether oxygens (including phenoxy) is 1. The third kappa shape index (κ3) is 5.50. The number of carbonyl (C=O) groups excluding carboxylic acids is 1. The van der Waals surface area contributed by atoms with Crippen molar-refractivity contribution in [2.75, 3.05) is 67.6 Å². The molecule has 4 heterocycles. The molecule has 37 heavy (non-hydrogen) atoms. The highest BCUT2D eigenvalue weighted by molar-refractivity contribution is 5.91. The van der Waals surface area contributed by atoms with Crippen molar-refractivity contribution in [1.29, 1.82) is 0 Å². The molecule has 5 rings (SSSR count). The number of benzene rings is 1. The molecule has 3 aliphatic rings. The number of rotatable bonds is 5. The lowest BCUT2D eigenvalue weighted by Gasteiger charge is -2.29. The Hall–Kier alpha value is -2.98. The summed E-state index contributed by atoms with van der Waals surface area (Å²) in [6, 6.07) is 9.40. The zero-order chi connectivity index (χ0) is 26.2. The zero-order valence-corrected chi connectivity index (χ0v) is 21.4. The molecule has 3 aliphatic heterocycles. The number of pyridine rings is 1. The maximum Gasteiger partial charge on any atom is 0.321 e. The summed E-state index contributed by atoms with van der Waals surface area (Å²) in [4.78, 5) is 23.0. The van der Waals surface area contributed by atoms with Crippen LogP contribution < -0.4 is 15.1 Å². The van der Waals surface area contributed by atoms with Gasteiger partial charge in [-0.05, 0) is 60.2 Å². The van der Waals surface area contributed by atoms with Gasteiger partial charge in [-0.25, -0.2) is 18.6 Å². The number of nitrogens with one attached hydrogen (secondary N) is 1. The fraction of sp³-hybridized carbons (Fsp3) is 0.556. The largest absolute Gasteiger partial charge is 0.385 e. The summed E-state index contributed by atoms with van der Waals surface area (Å²) in [6.07, 6.45) is 0.356. The normalized spacial score (nSPS) is 23.5. The van der Waals surface area contributed by atoms with Crippen LogP contribution in [-0.4, -0.2) is 85.5 Å². The molecule has 200 valence electrons. The van der Waals surface area contributed by atoms with Crippen molar-refractivity contribution in [3.63, 3.8) is 0 Å². The first kappa shape index (κ1) is 25.7. The van der Waals surface area contributed by atoms with Gasteiger partial charge in [-0.15, -0.1) is 0 Å². The Morgan fingerprint density at radius 3 is 2.51 bits per heavy atom. The van der Waals surface area contributed by atoms with Crippen LogP contribution in [0.4, 0.5) is 30.9 Å². The van der Waals surface area contributed by atoms with Gasteiger partial charge < -0.3 is 29.9 Å². The number of alkyl halides is 2. The number of likely N-dealkylation sites (tertiary alicyclic amines) is 1. The van der Waals surface area contributed by atoms with Gasteiger partial charge in [-0.1, -0.05) is 19.4 Å². The molecule has 0 saturated carbocycles. The third-order valence-corrected chi connectivity index (χ3v) is 7.69. The maximum atomic E-state index is 14.2. The predicted molar refractivity (Wildman–Crippen MR) is 140 cm³/mol. The second kappa shape index (κ2) is 10.4. The molecule has 0 radical (unpaired) electrons. The summed E-state index contributed by atoms with van der Waals surface area (Å²) in [5, 5.41) is 12.9. The number of carbonyl (C=O) groups is 1. The van der Waals surface area contributed by atoms with Crippen molar-refractivity contribution in [3.05, 3.63) is 35.9 Å². The van der Waals surface area contributed by atoms with E-state index >= 15 is 0 Å². The Morgan fingerprint density at radius 1 is 1.14 bits per heavy atom. The number of halogens is 2. The molecule has 3 fully saturated rings. The lowest BCUT2D eigenvalue weighted by molar-refractivity contribution is -0.0712. The molecular weight excluding hydrogens is 480 g/mol. The minimum Gasteiger partial charge on any atom is -0.385 e. The molecular formula is C27H35F2N5O3. The first-order valence-corrected chi connectivity index (χ1v) is 13.1. The summed E-state index contributed by atoms with van der Waals surface area (Å²) < 4.78 is 33.8. The number of nitrogens with zero attached hydrogens (tertiary/aromatic N) is 4. The number of aliphatic hydroxyl groups excluding tert-OH is 1. The molecule has 1 aromatic carbocycles. The van der Waals surface area contributed by atoms with E-state index < -0.39 is 18.6 Å². The summed E-state index contributed by atoms with van der Waals surface area (Å²) in [5.74, 6) is -1.57. The number of aliphatic hydroxyl groups is 1. The highest BCUT2D eigenvalue weighted by Gasteiger charge is 2.47. The van der Waals surface area contributed by atoms with Crippen LogP contribution in [0.5, 0.6) is 0 Å². The predicted octanol–water partition coefficient (Wildman–Crippen LogP) is 3.97. The van der Waals surface area contributed by atoms with Crippen molar-refractivity contribution in [3.8, 4) is 11.1 Å². The van der Waals surface area contributed by atoms with Gasteiger partial charge in [0.2, 0.25) is 0 Å². The van der Waals surface area contributed by atoms with Crippen LogP contribution in [0, 0.1) is 12.8 Å². The van der Waals surface area contributed by atoms with Crippen LogP contribution in [0.1, 0.15) is 25.3 Å². The van der Waals surface area contributed by atoms with Gasteiger partial charge in [-0.3, -0.25) is 0 Å². The molecule has 0 spiro atoms. The zero-order valence-electron chi connectivity index (χ0n) is 21.4. The number of amides is 2. The van der Waals surface area contributed by atoms with Crippen LogP contribution in [0.15, 0.2) is 30.3 Å². The van der Waals surface area contributed by atoms with Crippen molar-refractivity contribution >= 4 is 23.4 Å². The fourth-order valence-electron chi connectivity index (χ4n) is 5.28. The monoisotopic (exact) mass is 515 g/mol. The maximum absolute atomic E-state index is 14.2. The standard InChI is InChI=1S/C27H35F2N5O3/c1-3-19-6-7-33(15-19)26(36)30-21-5-4-18(2)22(14-21)20-12-24(32-8-10-37-11-9-32)31-25(13-20)34-16-23(35)27(28,29)17-34/h4-5,12-14,19,23,35H,3,6-11,15-17H2,1-2H3,(H,30,36)/t19-,23+/m1/s1. The number of hydrogen-bond donors (Lipinski definition) is 2. The SMILES string of the molecule is CC[C@@H]1CCN(C(=O)Nc2ccc(C)c(-c3cc(N4CCOCC4)nc(N4C[C@H](O)C(F)(F)C4)c3)c2)C1. The van der Waals surface area contributed by atoms with E-state index in [1.807, 2.05) is 36.1 Å². The van der Waals surface area contributed by atoms with Gasteiger partial charge in [0.15, 0.2) is 0 Å². The lowest BCUT2D eigenvalue weighted by Crippen LogP contribution is -2.37. The number of β-amino-alcohol motifs (C(OH)–C–C–N with tert-alkyl or cyclic N) is 1. The van der Waals surface area contributed by atoms with E-state index in [1.54, 1.807) is 6.07 Å². The van der Waals surface area contributed by atoms with E-state index in [4.69, 9.17) is 9.72 Å². The van der Waals surface area contributed by atoms with Crippen LogP contribution in [-0.2, 0) is 4.74 Å². The Bertz CT molecular complexity index is 1140. The molecule has 2 atom stereocenters. The number of aryl methyl sites for hydroxylation is 1. The van der Waals surface area contributed by atoms with E-state index in [9.17, 15) is 18.7 Å². The van der Waals surface area contributed by atoms with E-state index in [2.05, 4.69) is 17.1 Å². The van der Waals surface area contributed by atoms with Gasteiger partial charge in [0.1, 0.15) is 17.7 Å². The van der Waals surface area contributed by atoms with Crippen molar-refractivity contribution in [2.45, 2.75) is 38.7 Å². The van der Waals surface area contributed by atoms with E-state index in [1.165, 1.54) is 4.90 Å². The third-order valence-electron chi connectivity index (χ3n) is 7.69. The second-order valence-corrected chi connectivity index (χ2v) is 10.3. The Kier molecular flexibility index (Phi) is 7.22. The van der Waals surface area contributed by atoms with E-state index in [0.717, 1.165) is 42.6 Å². The Morgan fingerprint density at radius 2 is 1.86 bits per heavy atom. The van der Waals surface area contributed by atoms with E-state index in [0.29, 0.717) is 49.5 Å². The topological polar surface area (TPSA) is 81.2 Å². The summed E-state index contributed by atoms with van der Waals surface area (Å²) in [7, 11) is 0. The van der Waals surface area contributed by atoms with Gasteiger partial charge in [-0.2, -0.15) is 0 Å². The number of morpholine rings is 1. The summed E-state index contributed by atoms with van der Waals surface area (Å²) in [5.41, 5.74) is 3.37. The first-order valence-electron chi connectivity index (χ1n) is 13.1. The highest BCUT2D eigenvalue weighted by Crippen LogP contribution is 2.36. The molecule has 0 aliphatic carbocycles. The molecule has 2 amide bonds. The van der Waals surface area contributed by atoms with Crippen LogP contribution in [0.25, 0.3) is 11.1 Å². The molecule has 2 N–H and O–H groups in total. The van der Waals surface area contributed by atoms with Crippen LogP contribution >= 0.6 is 0 Å². The molecule has 3 saturated heterocycles. The van der Waals surface area contributed by atoms with Crippen LogP contribution in [0.2, 0.25) is 0 Å². The minimum atomic E-state index is -3.19. The van der Waals surface area contributed by atoms with Crippen LogP contribution in [0.3, 0.4) is 0 Å². The average Bonchev–Trinajstić information content (AvgIpc) is 3.49. The smallest absolute Gasteiger partial charge is 0.321 e. The Balaban J connectivity index is 1.46. The first-order chi connectivity index (χ1) is 17.7. The lowest BCUT2D eigenvalue weighted by atomic mass is 10.00. The number of urea groups is 1. The molecule has 0 unspecified atom stereocenters. The molecule has 8 nitrogen and oxygen atoms in total. The fourth-order valence-corrected chi connectivity index (χ4v) is 5.28.